The van der Waals surface area contributed by atoms with E-state index in [1.165, 1.54) is 6.07 Å². The highest BCUT2D eigenvalue weighted by Gasteiger charge is 2.30. The Bertz CT molecular complexity index is 598. The summed E-state index contributed by atoms with van der Waals surface area (Å²) >= 11 is 0. The van der Waals surface area contributed by atoms with E-state index in [4.69, 9.17) is 4.65 Å². The van der Waals surface area contributed by atoms with Gasteiger partial charge in [-0.05, 0) is 36.2 Å². The van der Waals surface area contributed by atoms with Crippen LogP contribution in [-0.4, -0.2) is 12.1 Å². The Balaban J connectivity index is 2.31. The number of fused-ring (bicyclic) bond motifs is 3. The first kappa shape index (κ1) is 10.4. The van der Waals surface area contributed by atoms with Crippen LogP contribution in [-0.2, 0) is 0 Å². The van der Waals surface area contributed by atoms with E-state index in [-0.39, 0.29) is 5.82 Å². The van der Waals surface area contributed by atoms with Crippen molar-refractivity contribution < 1.29 is 14.1 Å². The summed E-state index contributed by atoms with van der Waals surface area (Å²) in [7, 11) is -1.10. The molecule has 17 heavy (non-hydrogen) atoms. The lowest BCUT2D eigenvalue weighted by molar-refractivity contribution is 0.430. The molecule has 0 bridgehead atoms. The summed E-state index contributed by atoms with van der Waals surface area (Å²) in [4.78, 5) is 0. The number of rotatable bonds is 0. The lowest BCUT2D eigenvalue weighted by Crippen LogP contribution is -2.41. The summed E-state index contributed by atoms with van der Waals surface area (Å²) in [5.41, 5.74) is 2.76. The molecule has 0 saturated carbocycles. The zero-order valence-electron chi connectivity index (χ0n) is 9.27. The second-order valence-corrected chi connectivity index (χ2v) is 4.16. The van der Waals surface area contributed by atoms with E-state index in [2.05, 4.69) is 0 Å². The van der Waals surface area contributed by atoms with Crippen molar-refractivity contribution in [3.63, 3.8) is 0 Å². The lowest BCUT2D eigenvalue weighted by Gasteiger charge is -2.23. The molecule has 0 aliphatic carbocycles. The van der Waals surface area contributed by atoms with Crippen molar-refractivity contribution in [1.29, 1.82) is 0 Å². The molecule has 0 unspecified atom stereocenters. The van der Waals surface area contributed by atoms with Gasteiger partial charge in [-0.25, -0.2) is 4.39 Å². The van der Waals surface area contributed by atoms with Gasteiger partial charge in [0.2, 0.25) is 0 Å². The summed E-state index contributed by atoms with van der Waals surface area (Å²) in [5, 5.41) is 9.83. The second kappa shape index (κ2) is 3.60. The van der Waals surface area contributed by atoms with Gasteiger partial charge in [0.1, 0.15) is 11.6 Å². The fraction of sp³-hybridized carbons (Fsp3) is 0.0769. The Kier molecular flexibility index (Phi) is 2.19. The van der Waals surface area contributed by atoms with Crippen LogP contribution in [0.5, 0.6) is 5.75 Å². The highest BCUT2D eigenvalue weighted by molar-refractivity contribution is 6.63. The Morgan fingerprint density at radius 1 is 1.18 bits per heavy atom. The van der Waals surface area contributed by atoms with Crippen molar-refractivity contribution in [2.24, 2.45) is 0 Å². The van der Waals surface area contributed by atoms with Gasteiger partial charge in [-0.2, -0.15) is 0 Å². The van der Waals surface area contributed by atoms with E-state index in [0.29, 0.717) is 16.8 Å². The summed E-state index contributed by atoms with van der Waals surface area (Å²) in [6.45, 7) is 1.71. The second-order valence-electron chi connectivity index (χ2n) is 4.16. The monoisotopic (exact) mass is 228 g/mol. The van der Waals surface area contributed by atoms with Crippen LogP contribution in [0.15, 0.2) is 36.4 Å². The van der Waals surface area contributed by atoms with Gasteiger partial charge in [0, 0.05) is 11.0 Å². The Labute approximate surface area is 98.8 Å². The largest absolute Gasteiger partial charge is 0.560 e. The summed E-state index contributed by atoms with van der Waals surface area (Å²) in [6.07, 6.45) is 0. The van der Waals surface area contributed by atoms with E-state index in [1.807, 2.05) is 18.2 Å². The SMILES string of the molecule is Cc1cc2c(cc1F)B(O)Oc1ccccc1-2. The normalized spacial score (nSPS) is 12.8. The minimum atomic E-state index is -1.10. The summed E-state index contributed by atoms with van der Waals surface area (Å²) in [5.74, 6) is 0.296. The number of halogens is 1. The Morgan fingerprint density at radius 3 is 2.76 bits per heavy atom. The molecule has 84 valence electrons. The molecule has 0 atom stereocenters. The van der Waals surface area contributed by atoms with Gasteiger partial charge in [0.25, 0.3) is 0 Å². The summed E-state index contributed by atoms with van der Waals surface area (Å²) in [6, 6.07) is 10.5. The highest BCUT2D eigenvalue weighted by atomic mass is 19.1. The van der Waals surface area contributed by atoms with E-state index in [1.54, 1.807) is 19.1 Å². The molecule has 1 heterocycles. The van der Waals surface area contributed by atoms with Crippen LogP contribution in [0.25, 0.3) is 11.1 Å². The van der Waals surface area contributed by atoms with Crippen molar-refractivity contribution in [2.75, 3.05) is 0 Å². The molecule has 0 aromatic heterocycles. The molecule has 2 aromatic carbocycles. The number of aryl methyl sites for hydroxylation is 1. The molecule has 0 spiro atoms. The number of hydrogen-bond acceptors (Lipinski definition) is 2. The van der Waals surface area contributed by atoms with Crippen LogP contribution in [0.1, 0.15) is 5.56 Å². The maximum Gasteiger partial charge on any atom is 0.560 e. The van der Waals surface area contributed by atoms with Gasteiger partial charge in [0.05, 0.1) is 0 Å². The first-order valence-electron chi connectivity index (χ1n) is 5.41. The average molecular weight is 228 g/mol. The van der Waals surface area contributed by atoms with Gasteiger partial charge in [-0.15, -0.1) is 0 Å². The summed E-state index contributed by atoms with van der Waals surface area (Å²) < 4.78 is 18.8. The van der Waals surface area contributed by atoms with Gasteiger partial charge in [-0.3, -0.25) is 0 Å². The molecule has 2 aromatic rings. The van der Waals surface area contributed by atoms with Crippen molar-refractivity contribution in [3.05, 3.63) is 47.8 Å². The van der Waals surface area contributed by atoms with E-state index in [9.17, 15) is 9.41 Å². The smallest absolute Gasteiger partial charge is 0.532 e. The van der Waals surface area contributed by atoms with E-state index in [0.717, 1.165) is 11.1 Å². The lowest BCUT2D eigenvalue weighted by atomic mass is 9.72. The van der Waals surface area contributed by atoms with Crippen LogP contribution in [0.4, 0.5) is 4.39 Å². The Morgan fingerprint density at radius 2 is 1.94 bits per heavy atom. The number of hydrogen-bond donors (Lipinski definition) is 1. The fourth-order valence-electron chi connectivity index (χ4n) is 2.11. The molecule has 1 N–H and O–H groups in total. The highest BCUT2D eigenvalue weighted by Crippen LogP contribution is 2.33. The molecule has 0 saturated heterocycles. The molecule has 1 aliphatic heterocycles. The van der Waals surface area contributed by atoms with Crippen molar-refractivity contribution in [1.82, 2.24) is 0 Å². The first-order valence-corrected chi connectivity index (χ1v) is 5.41. The van der Waals surface area contributed by atoms with Crippen LogP contribution in [0, 0.1) is 12.7 Å². The quantitative estimate of drug-likeness (QED) is 0.697. The third kappa shape index (κ3) is 1.53. The van der Waals surface area contributed by atoms with Crippen LogP contribution >= 0.6 is 0 Å². The van der Waals surface area contributed by atoms with Crippen molar-refractivity contribution >= 4 is 12.6 Å². The molecular weight excluding hydrogens is 218 g/mol. The predicted octanol–water partition coefficient (Wildman–Crippen LogP) is 1.88. The number of para-hydroxylation sites is 1. The molecule has 0 amide bonds. The van der Waals surface area contributed by atoms with Gasteiger partial charge >= 0.3 is 7.12 Å². The topological polar surface area (TPSA) is 29.5 Å². The molecule has 0 radical (unpaired) electrons. The first-order chi connectivity index (χ1) is 8.16. The standard InChI is InChI=1S/C13H10BFO2/c1-8-6-10-9-4-2-3-5-13(9)17-14(16)11(10)7-12(8)15/h2-7,16H,1H3. The fourth-order valence-corrected chi connectivity index (χ4v) is 2.11. The maximum absolute atomic E-state index is 13.5. The average Bonchev–Trinajstić information content (AvgIpc) is 2.32. The van der Waals surface area contributed by atoms with Crippen molar-refractivity contribution in [2.45, 2.75) is 6.92 Å². The predicted molar refractivity (Wildman–Crippen MR) is 64.8 cm³/mol. The van der Waals surface area contributed by atoms with Crippen LogP contribution in [0.3, 0.4) is 0 Å². The molecule has 0 fully saturated rings. The molecule has 3 rings (SSSR count). The molecule has 4 heteroatoms. The molecule has 2 nitrogen and oxygen atoms in total. The van der Waals surface area contributed by atoms with Crippen LogP contribution < -0.4 is 10.1 Å². The minimum absolute atomic E-state index is 0.328. The zero-order valence-corrected chi connectivity index (χ0v) is 9.27. The third-order valence-corrected chi connectivity index (χ3v) is 3.01. The van der Waals surface area contributed by atoms with Crippen molar-refractivity contribution in [3.8, 4) is 16.9 Å². The number of benzene rings is 2. The van der Waals surface area contributed by atoms with Crippen LogP contribution in [0.2, 0.25) is 0 Å². The minimum Gasteiger partial charge on any atom is -0.532 e. The van der Waals surface area contributed by atoms with E-state index >= 15 is 0 Å². The third-order valence-electron chi connectivity index (χ3n) is 3.01. The Hall–Kier alpha value is -1.81. The molecular formula is C13H10BFO2. The van der Waals surface area contributed by atoms with Gasteiger partial charge in [0.15, 0.2) is 0 Å². The van der Waals surface area contributed by atoms with Gasteiger partial charge < -0.3 is 9.68 Å². The van der Waals surface area contributed by atoms with E-state index < -0.39 is 7.12 Å². The molecule has 1 aliphatic rings. The maximum atomic E-state index is 13.5. The zero-order chi connectivity index (χ0) is 12.0. The van der Waals surface area contributed by atoms with Gasteiger partial charge in [-0.1, -0.05) is 18.2 Å².